The van der Waals surface area contributed by atoms with E-state index in [1.165, 1.54) is 49.7 Å². The fourth-order valence-electron chi connectivity index (χ4n) is 2.91. The second-order valence-electron chi connectivity index (χ2n) is 5.12. The van der Waals surface area contributed by atoms with Crippen LogP contribution < -0.4 is 0 Å². The first kappa shape index (κ1) is 14.4. The first-order chi connectivity index (χ1) is 7.37. The maximum atomic E-state index is 2.26. The molecule has 1 heteroatoms. The summed E-state index contributed by atoms with van der Waals surface area (Å²) in [5.41, 5.74) is 10.2. The van der Waals surface area contributed by atoms with Crippen molar-refractivity contribution in [2.75, 3.05) is 0 Å². The first-order valence-electron chi connectivity index (χ1n) is 6.00. The Kier molecular flexibility index (Phi) is 3.86. The molecule has 0 bridgehead atoms. The van der Waals surface area contributed by atoms with Crippen LogP contribution in [0.1, 0.15) is 38.9 Å². The van der Waals surface area contributed by atoms with Gasteiger partial charge in [0.05, 0.1) is 0 Å². The summed E-state index contributed by atoms with van der Waals surface area (Å²) in [5, 5.41) is 2.99. The zero-order chi connectivity index (χ0) is 12.2. The summed E-state index contributed by atoms with van der Waals surface area (Å²) in [6.07, 6.45) is 0. The number of hydrogen-bond donors (Lipinski definition) is 0. The number of hydrogen-bond acceptors (Lipinski definition) is 0. The molecule has 2 aromatic rings. The quantitative estimate of drug-likeness (QED) is 0.479. The standard InChI is InChI=1S/C16H21.Fe/c1-8-9(2)12(5)16-14(7)10(3)13(6)15(16)11(8)4;/h1-7H3;/q-1;. The Balaban J connectivity index is 0.00000144. The maximum Gasteiger partial charge on any atom is 0 e. The molecule has 0 radical (unpaired) electrons. The summed E-state index contributed by atoms with van der Waals surface area (Å²) in [6, 6.07) is 0. The van der Waals surface area contributed by atoms with Gasteiger partial charge in [-0.25, -0.2) is 0 Å². The molecular formula is C16H21Fe-. The number of benzene rings is 1. The molecule has 17 heavy (non-hydrogen) atoms. The van der Waals surface area contributed by atoms with Gasteiger partial charge in [0.1, 0.15) is 0 Å². The van der Waals surface area contributed by atoms with E-state index < -0.39 is 0 Å². The van der Waals surface area contributed by atoms with Crippen LogP contribution in [0.15, 0.2) is 0 Å². The summed E-state index contributed by atoms with van der Waals surface area (Å²) in [7, 11) is 0. The Hall–Kier alpha value is -0.651. The van der Waals surface area contributed by atoms with Crippen LogP contribution in [0.4, 0.5) is 0 Å². The van der Waals surface area contributed by atoms with Crippen LogP contribution in [0.2, 0.25) is 0 Å². The van der Waals surface area contributed by atoms with E-state index in [-0.39, 0.29) is 17.1 Å². The van der Waals surface area contributed by atoms with Crippen molar-refractivity contribution < 1.29 is 17.1 Å². The molecule has 0 N–H and O–H groups in total. The third-order valence-electron chi connectivity index (χ3n) is 4.56. The van der Waals surface area contributed by atoms with Gasteiger partial charge in [0.25, 0.3) is 0 Å². The van der Waals surface area contributed by atoms with Gasteiger partial charge in [-0.05, 0) is 20.8 Å². The van der Waals surface area contributed by atoms with Crippen molar-refractivity contribution in [1.29, 1.82) is 0 Å². The van der Waals surface area contributed by atoms with Gasteiger partial charge in [-0.15, -0.1) is 27.5 Å². The minimum atomic E-state index is 0. The molecule has 0 saturated heterocycles. The van der Waals surface area contributed by atoms with Gasteiger partial charge in [-0.3, -0.25) is 0 Å². The van der Waals surface area contributed by atoms with Crippen molar-refractivity contribution in [1.82, 2.24) is 0 Å². The predicted octanol–water partition coefficient (Wildman–Crippen LogP) is 4.72. The Labute approximate surface area is 115 Å². The normalized spacial score (nSPS) is 10.8. The summed E-state index contributed by atoms with van der Waals surface area (Å²) in [4.78, 5) is 0. The van der Waals surface area contributed by atoms with Crippen LogP contribution in [-0.4, -0.2) is 0 Å². The van der Waals surface area contributed by atoms with Crippen LogP contribution in [0.3, 0.4) is 0 Å². The zero-order valence-corrected chi connectivity index (χ0v) is 13.0. The second-order valence-corrected chi connectivity index (χ2v) is 5.12. The molecule has 0 aliphatic rings. The van der Waals surface area contributed by atoms with Gasteiger partial charge >= 0.3 is 0 Å². The molecular weight excluding hydrogens is 248 g/mol. The molecule has 2 rings (SSSR count). The Morgan fingerprint density at radius 3 is 1.65 bits per heavy atom. The van der Waals surface area contributed by atoms with Crippen LogP contribution in [0.5, 0.6) is 0 Å². The molecule has 94 valence electrons. The van der Waals surface area contributed by atoms with Gasteiger partial charge in [0.15, 0.2) is 0 Å². The molecule has 0 nitrogen and oxygen atoms in total. The Bertz CT molecular complexity index is 535. The summed E-state index contributed by atoms with van der Waals surface area (Å²) in [5.74, 6) is 0. The minimum Gasteiger partial charge on any atom is -0.153 e. The van der Waals surface area contributed by atoms with Gasteiger partial charge < -0.3 is 0 Å². The molecule has 0 aromatic heterocycles. The summed E-state index contributed by atoms with van der Waals surface area (Å²) >= 11 is 0. The third kappa shape index (κ3) is 1.77. The minimum absolute atomic E-state index is 0. The van der Waals surface area contributed by atoms with Gasteiger partial charge in [-0.1, -0.05) is 44.4 Å². The molecule has 0 heterocycles. The van der Waals surface area contributed by atoms with Crippen molar-refractivity contribution >= 4 is 10.8 Å². The maximum absolute atomic E-state index is 2.26. The fraction of sp³-hybridized carbons (Fsp3) is 0.438. The third-order valence-corrected chi connectivity index (χ3v) is 4.56. The van der Waals surface area contributed by atoms with E-state index in [9.17, 15) is 0 Å². The van der Waals surface area contributed by atoms with E-state index in [1.807, 2.05) is 0 Å². The number of aryl methyl sites for hydroxylation is 4. The predicted molar refractivity (Wildman–Crippen MR) is 72.7 cm³/mol. The number of rotatable bonds is 0. The van der Waals surface area contributed by atoms with Crippen molar-refractivity contribution in [3.63, 3.8) is 0 Å². The van der Waals surface area contributed by atoms with Crippen molar-refractivity contribution in [3.05, 3.63) is 38.9 Å². The molecule has 0 aliphatic carbocycles. The topological polar surface area (TPSA) is 0 Å². The number of fused-ring (bicyclic) bond motifs is 1. The van der Waals surface area contributed by atoms with Crippen LogP contribution in [0, 0.1) is 48.5 Å². The van der Waals surface area contributed by atoms with E-state index in [0.717, 1.165) is 0 Å². The van der Waals surface area contributed by atoms with Crippen LogP contribution >= 0.6 is 0 Å². The first-order valence-corrected chi connectivity index (χ1v) is 6.00. The second kappa shape index (κ2) is 4.55. The van der Waals surface area contributed by atoms with E-state index in [1.54, 1.807) is 0 Å². The van der Waals surface area contributed by atoms with Gasteiger partial charge in [0.2, 0.25) is 0 Å². The molecule has 0 unspecified atom stereocenters. The largest absolute Gasteiger partial charge is 0.153 e. The molecule has 0 atom stereocenters. The molecule has 0 spiro atoms. The fourth-order valence-corrected chi connectivity index (χ4v) is 2.91. The van der Waals surface area contributed by atoms with Crippen LogP contribution in [-0.2, 0) is 17.1 Å². The molecule has 0 amide bonds. The van der Waals surface area contributed by atoms with Crippen LogP contribution in [0.25, 0.3) is 10.8 Å². The van der Waals surface area contributed by atoms with Gasteiger partial charge in [0, 0.05) is 17.1 Å². The average Bonchev–Trinajstić information content (AvgIpc) is 2.48. The monoisotopic (exact) mass is 269 g/mol. The van der Waals surface area contributed by atoms with Gasteiger partial charge in [-0.2, -0.15) is 5.56 Å². The SMILES string of the molecule is Cc1c(C)c(C)c2c(c1C)c(C)c(C)[c-]2C.[Fe]. The average molecular weight is 269 g/mol. The molecule has 0 aliphatic heterocycles. The van der Waals surface area contributed by atoms with E-state index >= 15 is 0 Å². The Morgan fingerprint density at radius 2 is 1.12 bits per heavy atom. The van der Waals surface area contributed by atoms with Crippen molar-refractivity contribution in [2.45, 2.75) is 48.5 Å². The van der Waals surface area contributed by atoms with E-state index in [0.29, 0.717) is 0 Å². The smallest absolute Gasteiger partial charge is 0 e. The zero-order valence-electron chi connectivity index (χ0n) is 11.9. The summed E-state index contributed by atoms with van der Waals surface area (Å²) in [6.45, 7) is 15.8. The van der Waals surface area contributed by atoms with E-state index in [2.05, 4.69) is 48.5 Å². The van der Waals surface area contributed by atoms with Crippen molar-refractivity contribution in [3.8, 4) is 0 Å². The molecule has 0 saturated carbocycles. The van der Waals surface area contributed by atoms with E-state index in [4.69, 9.17) is 0 Å². The molecule has 2 aromatic carbocycles. The Morgan fingerprint density at radius 1 is 0.647 bits per heavy atom. The molecule has 0 fully saturated rings. The summed E-state index contributed by atoms with van der Waals surface area (Å²) < 4.78 is 0. The van der Waals surface area contributed by atoms with Crippen molar-refractivity contribution in [2.24, 2.45) is 0 Å².